The molecular formula is C17H19O2P. The summed E-state index contributed by atoms with van der Waals surface area (Å²) in [7, 11) is -2.18. The van der Waals surface area contributed by atoms with Gasteiger partial charge in [0, 0.05) is 5.56 Å². The van der Waals surface area contributed by atoms with E-state index in [-0.39, 0.29) is 5.41 Å². The minimum atomic E-state index is -2.18. The van der Waals surface area contributed by atoms with Crippen LogP contribution < -0.4 is 9.83 Å². The van der Waals surface area contributed by atoms with Crippen LogP contribution in [-0.2, 0) is 9.98 Å². The molecule has 20 heavy (non-hydrogen) atoms. The summed E-state index contributed by atoms with van der Waals surface area (Å²) in [6, 6.07) is 12.2. The smallest absolute Gasteiger partial charge is 0.266 e. The average Bonchev–Trinajstić information content (AvgIpc) is 2.39. The van der Waals surface area contributed by atoms with Crippen molar-refractivity contribution in [3.8, 4) is 16.9 Å². The normalized spacial score (nSPS) is 17.1. The van der Waals surface area contributed by atoms with E-state index in [2.05, 4.69) is 32.9 Å². The summed E-state index contributed by atoms with van der Waals surface area (Å²) in [5.74, 6) is 0.778. The third-order valence-electron chi connectivity index (χ3n) is 3.77. The highest BCUT2D eigenvalue weighted by Crippen LogP contribution is 2.46. The van der Waals surface area contributed by atoms with Crippen LogP contribution in [0.4, 0.5) is 0 Å². The van der Waals surface area contributed by atoms with Gasteiger partial charge in [-0.3, -0.25) is 4.57 Å². The van der Waals surface area contributed by atoms with E-state index in [1.807, 2.05) is 31.2 Å². The molecule has 0 amide bonds. The molecule has 1 atom stereocenters. The topological polar surface area (TPSA) is 26.3 Å². The minimum Gasteiger partial charge on any atom is -0.441 e. The number of rotatable bonds is 0. The van der Waals surface area contributed by atoms with Gasteiger partial charge in [-0.25, -0.2) is 0 Å². The molecule has 0 N–H and O–H groups in total. The molecule has 0 saturated carbocycles. The quantitative estimate of drug-likeness (QED) is 0.669. The Labute approximate surface area is 120 Å². The summed E-state index contributed by atoms with van der Waals surface area (Å²) in [6.07, 6.45) is 0. The Bertz CT molecular complexity index is 711. The van der Waals surface area contributed by atoms with Gasteiger partial charge in [0.2, 0.25) is 0 Å². The van der Waals surface area contributed by atoms with Crippen LogP contribution in [0.3, 0.4) is 0 Å². The Balaban J connectivity index is 2.31. The summed E-state index contributed by atoms with van der Waals surface area (Å²) in [5, 5.41) is 0.829. The molecule has 1 unspecified atom stereocenters. The molecule has 0 fully saturated rings. The van der Waals surface area contributed by atoms with Crippen molar-refractivity contribution < 1.29 is 9.09 Å². The minimum absolute atomic E-state index is 0.0808. The Morgan fingerprint density at radius 2 is 1.75 bits per heavy atom. The van der Waals surface area contributed by atoms with Crippen LogP contribution in [0.15, 0.2) is 36.4 Å². The molecule has 2 aromatic rings. The molecule has 0 aliphatic carbocycles. The SMILES string of the molecule is Cc1cc(C(C)(C)C)cc2c1O[PH](=O)c1ccccc1-2. The third kappa shape index (κ3) is 2.09. The molecule has 1 heterocycles. The lowest BCUT2D eigenvalue weighted by Crippen LogP contribution is -2.15. The lowest BCUT2D eigenvalue weighted by atomic mass is 9.84. The lowest BCUT2D eigenvalue weighted by molar-refractivity contribution is 0.510. The zero-order chi connectivity index (χ0) is 14.5. The van der Waals surface area contributed by atoms with Crippen molar-refractivity contribution in [2.75, 3.05) is 0 Å². The van der Waals surface area contributed by atoms with Crippen LogP contribution in [0.5, 0.6) is 5.75 Å². The molecule has 0 aromatic heterocycles. The molecule has 0 spiro atoms. The summed E-state index contributed by atoms with van der Waals surface area (Å²) in [5.41, 5.74) is 4.52. The van der Waals surface area contributed by atoms with Crippen LogP contribution >= 0.6 is 8.03 Å². The molecule has 3 heteroatoms. The van der Waals surface area contributed by atoms with Crippen molar-refractivity contribution in [1.29, 1.82) is 0 Å². The number of fused-ring (bicyclic) bond motifs is 3. The van der Waals surface area contributed by atoms with E-state index in [4.69, 9.17) is 4.52 Å². The number of hydrogen-bond donors (Lipinski definition) is 0. The Hall–Kier alpha value is -1.53. The van der Waals surface area contributed by atoms with Crippen LogP contribution in [0.25, 0.3) is 11.1 Å². The molecule has 1 aliphatic rings. The predicted molar refractivity (Wildman–Crippen MR) is 84.6 cm³/mol. The lowest BCUT2D eigenvalue weighted by Gasteiger charge is -2.26. The fourth-order valence-electron chi connectivity index (χ4n) is 2.59. The fourth-order valence-corrected chi connectivity index (χ4v) is 3.82. The van der Waals surface area contributed by atoms with E-state index in [0.29, 0.717) is 0 Å². The number of benzene rings is 2. The number of hydrogen-bond acceptors (Lipinski definition) is 2. The van der Waals surface area contributed by atoms with Gasteiger partial charge in [0.15, 0.2) is 0 Å². The van der Waals surface area contributed by atoms with E-state index in [1.165, 1.54) is 5.56 Å². The summed E-state index contributed by atoms with van der Waals surface area (Å²) in [6.45, 7) is 8.63. The first kappa shape index (κ1) is 13.5. The van der Waals surface area contributed by atoms with Crippen LogP contribution in [-0.4, -0.2) is 0 Å². The van der Waals surface area contributed by atoms with Crippen molar-refractivity contribution in [3.05, 3.63) is 47.5 Å². The van der Waals surface area contributed by atoms with Gasteiger partial charge < -0.3 is 4.52 Å². The highest BCUT2D eigenvalue weighted by Gasteiger charge is 2.26. The van der Waals surface area contributed by atoms with Crippen molar-refractivity contribution in [1.82, 2.24) is 0 Å². The van der Waals surface area contributed by atoms with Gasteiger partial charge in [0.1, 0.15) is 5.75 Å². The number of aryl methyl sites for hydroxylation is 1. The van der Waals surface area contributed by atoms with Crippen molar-refractivity contribution in [2.24, 2.45) is 0 Å². The maximum atomic E-state index is 12.2. The van der Waals surface area contributed by atoms with Gasteiger partial charge in [-0.1, -0.05) is 45.0 Å². The summed E-state index contributed by atoms with van der Waals surface area (Å²) < 4.78 is 17.9. The zero-order valence-electron chi connectivity index (χ0n) is 12.3. The molecule has 0 radical (unpaired) electrons. The van der Waals surface area contributed by atoms with E-state index >= 15 is 0 Å². The van der Waals surface area contributed by atoms with Crippen molar-refractivity contribution in [2.45, 2.75) is 33.1 Å². The van der Waals surface area contributed by atoms with Gasteiger partial charge >= 0.3 is 0 Å². The molecule has 0 bridgehead atoms. The molecule has 2 aromatic carbocycles. The molecule has 104 valence electrons. The summed E-state index contributed by atoms with van der Waals surface area (Å²) in [4.78, 5) is 0. The highest BCUT2D eigenvalue weighted by molar-refractivity contribution is 7.49. The molecule has 0 saturated heterocycles. The van der Waals surface area contributed by atoms with E-state index in [0.717, 1.165) is 27.7 Å². The first-order chi connectivity index (χ1) is 9.38. The second kappa shape index (κ2) is 4.49. The standard InChI is InChI=1S/C17H19O2P/c1-11-9-12(17(2,3)4)10-14-13-7-5-6-8-15(13)20(18)19-16(11)14/h5-10,20H,1-4H3. The highest BCUT2D eigenvalue weighted by atomic mass is 31.1. The average molecular weight is 286 g/mol. The van der Waals surface area contributed by atoms with E-state index < -0.39 is 8.03 Å². The van der Waals surface area contributed by atoms with Gasteiger partial charge in [-0.15, -0.1) is 0 Å². The van der Waals surface area contributed by atoms with Gasteiger partial charge in [-0.2, -0.15) is 0 Å². The van der Waals surface area contributed by atoms with Crippen molar-refractivity contribution in [3.63, 3.8) is 0 Å². The molecule has 2 nitrogen and oxygen atoms in total. The second-order valence-corrected chi connectivity index (χ2v) is 7.67. The largest absolute Gasteiger partial charge is 0.441 e. The maximum Gasteiger partial charge on any atom is 0.266 e. The van der Waals surface area contributed by atoms with Crippen LogP contribution in [0, 0.1) is 6.92 Å². The van der Waals surface area contributed by atoms with Crippen LogP contribution in [0.1, 0.15) is 31.9 Å². The van der Waals surface area contributed by atoms with Gasteiger partial charge in [0.25, 0.3) is 8.03 Å². The first-order valence-electron chi connectivity index (χ1n) is 6.84. The fraction of sp³-hybridized carbons (Fsp3) is 0.294. The Morgan fingerprint density at radius 3 is 2.45 bits per heavy atom. The first-order valence-corrected chi connectivity index (χ1v) is 8.16. The zero-order valence-corrected chi connectivity index (χ0v) is 13.3. The molecule has 1 aliphatic heterocycles. The Morgan fingerprint density at radius 1 is 1.05 bits per heavy atom. The van der Waals surface area contributed by atoms with E-state index in [9.17, 15) is 4.57 Å². The Kier molecular flexibility index (Phi) is 3.02. The molecular weight excluding hydrogens is 267 g/mol. The van der Waals surface area contributed by atoms with E-state index in [1.54, 1.807) is 0 Å². The molecule has 3 rings (SSSR count). The maximum absolute atomic E-state index is 12.2. The third-order valence-corrected chi connectivity index (χ3v) is 5.04. The summed E-state index contributed by atoms with van der Waals surface area (Å²) >= 11 is 0. The van der Waals surface area contributed by atoms with Crippen molar-refractivity contribution >= 4 is 13.3 Å². The van der Waals surface area contributed by atoms with Gasteiger partial charge in [0.05, 0.1) is 5.30 Å². The predicted octanol–water partition coefficient (Wildman–Crippen LogP) is 4.45. The van der Waals surface area contributed by atoms with Gasteiger partial charge in [-0.05, 0) is 41.2 Å². The van der Waals surface area contributed by atoms with Crippen LogP contribution in [0.2, 0.25) is 0 Å². The second-order valence-electron chi connectivity index (χ2n) is 6.35. The monoisotopic (exact) mass is 286 g/mol.